The molecule has 5 heteroatoms. The van der Waals surface area contributed by atoms with Gasteiger partial charge in [0.15, 0.2) is 0 Å². The smallest absolute Gasteiger partial charge is 0.243 e. The van der Waals surface area contributed by atoms with E-state index in [9.17, 15) is 14.7 Å². The van der Waals surface area contributed by atoms with Gasteiger partial charge in [-0.15, -0.1) is 0 Å². The number of carbonyl (C=O) groups is 2. The molecule has 0 bridgehead atoms. The summed E-state index contributed by atoms with van der Waals surface area (Å²) in [6.07, 6.45) is 8.40. The number of hydrogen-bond acceptors (Lipinski definition) is 3. The first-order chi connectivity index (χ1) is 11.0. The second-order valence-electron chi connectivity index (χ2n) is 7.22. The number of rotatable bonds is 2. The summed E-state index contributed by atoms with van der Waals surface area (Å²) in [5.41, 5.74) is 0. The number of hydrogen-bond donors (Lipinski definition) is 3. The monoisotopic (exact) mass is 326 g/mol. The van der Waals surface area contributed by atoms with Crippen LogP contribution in [-0.4, -0.2) is 35.6 Å². The van der Waals surface area contributed by atoms with E-state index >= 15 is 0 Å². The molecule has 23 heavy (non-hydrogen) atoms. The minimum Gasteiger partial charge on any atom is -0.394 e. The highest BCUT2D eigenvalue weighted by Crippen LogP contribution is 2.15. The molecule has 1 heterocycles. The van der Waals surface area contributed by atoms with Gasteiger partial charge in [-0.3, -0.25) is 9.59 Å². The molecule has 3 N–H and O–H groups in total. The maximum Gasteiger partial charge on any atom is 0.243 e. The van der Waals surface area contributed by atoms with Crippen LogP contribution in [-0.2, 0) is 9.59 Å². The van der Waals surface area contributed by atoms with Gasteiger partial charge in [-0.05, 0) is 18.8 Å². The van der Waals surface area contributed by atoms with Crippen molar-refractivity contribution < 1.29 is 14.7 Å². The molecular formula is C18H34N2O3. The van der Waals surface area contributed by atoms with Crippen LogP contribution in [0.25, 0.3) is 0 Å². The van der Waals surface area contributed by atoms with Gasteiger partial charge in [-0.1, -0.05) is 59.3 Å². The quantitative estimate of drug-likeness (QED) is 0.729. The minimum atomic E-state index is -0.538. The molecule has 2 amide bonds. The van der Waals surface area contributed by atoms with Crippen LogP contribution in [0.5, 0.6) is 0 Å². The lowest BCUT2D eigenvalue weighted by Crippen LogP contribution is -2.53. The molecule has 0 aromatic rings. The van der Waals surface area contributed by atoms with Gasteiger partial charge in [-0.25, -0.2) is 0 Å². The van der Waals surface area contributed by atoms with Crippen molar-refractivity contribution in [2.75, 3.05) is 6.61 Å². The van der Waals surface area contributed by atoms with Crippen molar-refractivity contribution in [2.24, 2.45) is 11.8 Å². The molecule has 134 valence electrons. The van der Waals surface area contributed by atoms with E-state index in [0.717, 1.165) is 38.5 Å². The van der Waals surface area contributed by atoms with Crippen LogP contribution in [0.1, 0.15) is 72.1 Å². The number of carbonyl (C=O) groups excluding carboxylic acids is 2. The molecule has 1 rings (SSSR count). The van der Waals surface area contributed by atoms with Crippen LogP contribution in [0.4, 0.5) is 0 Å². The normalized spacial score (nSPS) is 29.3. The van der Waals surface area contributed by atoms with Crippen LogP contribution in [0, 0.1) is 11.8 Å². The molecule has 1 aliphatic rings. The van der Waals surface area contributed by atoms with Crippen LogP contribution in [0.3, 0.4) is 0 Å². The van der Waals surface area contributed by atoms with E-state index in [1.807, 2.05) is 20.8 Å². The van der Waals surface area contributed by atoms with E-state index in [0.29, 0.717) is 0 Å². The summed E-state index contributed by atoms with van der Waals surface area (Å²) < 4.78 is 0. The van der Waals surface area contributed by atoms with Gasteiger partial charge in [0.05, 0.1) is 12.6 Å². The number of amides is 2. The molecule has 5 nitrogen and oxygen atoms in total. The Labute approximate surface area is 140 Å². The standard InChI is InChI=1S/C18H34N2O3/c1-13(2)16-18(23)19-15(12-21)11-9-7-5-4-6-8-10-14(3)17(22)20-16/h13-16,21H,4-12H2,1-3H3,(H,19,23)(H,20,22)/t14-,15-,16-/m0/s1. The summed E-state index contributed by atoms with van der Waals surface area (Å²) >= 11 is 0. The predicted octanol–water partition coefficient (Wildman–Crippen LogP) is 2.37. The number of aliphatic hydroxyl groups excluding tert-OH is 1. The second kappa shape index (κ2) is 10.6. The van der Waals surface area contributed by atoms with E-state index in [2.05, 4.69) is 10.6 Å². The fourth-order valence-electron chi connectivity index (χ4n) is 3.01. The third-order valence-corrected chi connectivity index (χ3v) is 4.70. The van der Waals surface area contributed by atoms with E-state index in [-0.39, 0.29) is 36.3 Å². The highest BCUT2D eigenvalue weighted by Gasteiger charge is 2.27. The zero-order valence-electron chi connectivity index (χ0n) is 14.9. The van der Waals surface area contributed by atoms with Crippen molar-refractivity contribution in [1.82, 2.24) is 10.6 Å². The van der Waals surface area contributed by atoms with Crippen molar-refractivity contribution in [3.05, 3.63) is 0 Å². The molecule has 1 saturated heterocycles. The van der Waals surface area contributed by atoms with Crippen LogP contribution >= 0.6 is 0 Å². The molecule has 0 aromatic heterocycles. The Balaban J connectivity index is 2.77. The maximum atomic E-state index is 12.5. The molecule has 0 unspecified atom stereocenters. The largest absolute Gasteiger partial charge is 0.394 e. The van der Waals surface area contributed by atoms with Crippen LogP contribution in [0.15, 0.2) is 0 Å². The average Bonchev–Trinajstić information content (AvgIpc) is 2.52. The van der Waals surface area contributed by atoms with Crippen LogP contribution < -0.4 is 10.6 Å². The van der Waals surface area contributed by atoms with Gasteiger partial charge in [0.25, 0.3) is 0 Å². The van der Waals surface area contributed by atoms with Gasteiger partial charge >= 0.3 is 0 Å². The Morgan fingerprint density at radius 1 is 0.957 bits per heavy atom. The fourth-order valence-corrected chi connectivity index (χ4v) is 3.01. The van der Waals surface area contributed by atoms with Crippen molar-refractivity contribution >= 4 is 11.8 Å². The molecule has 0 saturated carbocycles. The molecule has 0 aromatic carbocycles. The second-order valence-corrected chi connectivity index (χ2v) is 7.22. The highest BCUT2D eigenvalue weighted by molar-refractivity contribution is 5.88. The summed E-state index contributed by atoms with van der Waals surface area (Å²) in [5.74, 6) is -0.285. The van der Waals surface area contributed by atoms with E-state index in [4.69, 9.17) is 0 Å². The molecular weight excluding hydrogens is 292 g/mol. The summed E-state index contributed by atoms with van der Waals surface area (Å²) in [4.78, 5) is 24.8. The summed E-state index contributed by atoms with van der Waals surface area (Å²) in [6.45, 7) is 5.73. The Morgan fingerprint density at radius 3 is 2.09 bits per heavy atom. The van der Waals surface area contributed by atoms with Gasteiger partial charge < -0.3 is 15.7 Å². The molecule has 3 atom stereocenters. The van der Waals surface area contributed by atoms with E-state index < -0.39 is 6.04 Å². The Morgan fingerprint density at radius 2 is 1.52 bits per heavy atom. The summed E-state index contributed by atoms with van der Waals surface area (Å²) in [5, 5.41) is 15.3. The third-order valence-electron chi connectivity index (χ3n) is 4.70. The summed E-state index contributed by atoms with van der Waals surface area (Å²) in [6, 6.07) is -0.757. The van der Waals surface area contributed by atoms with Gasteiger partial charge in [-0.2, -0.15) is 0 Å². The summed E-state index contributed by atoms with van der Waals surface area (Å²) in [7, 11) is 0. The van der Waals surface area contributed by atoms with Crippen LogP contribution in [0.2, 0.25) is 0 Å². The van der Waals surface area contributed by atoms with Gasteiger partial charge in [0.2, 0.25) is 11.8 Å². The van der Waals surface area contributed by atoms with Crippen molar-refractivity contribution in [1.29, 1.82) is 0 Å². The SMILES string of the molecule is CC(C)[C@@H]1NC(=O)[C@@H](C)CCCCCCCC[C@@H](CO)NC1=O. The zero-order valence-corrected chi connectivity index (χ0v) is 14.9. The fraction of sp³-hybridized carbons (Fsp3) is 0.889. The van der Waals surface area contributed by atoms with E-state index in [1.165, 1.54) is 12.8 Å². The lowest BCUT2D eigenvalue weighted by molar-refractivity contribution is -0.132. The molecule has 0 aliphatic carbocycles. The number of aliphatic hydroxyl groups is 1. The molecule has 0 radical (unpaired) electrons. The lowest BCUT2D eigenvalue weighted by Gasteiger charge is -2.26. The Bertz CT molecular complexity index is 371. The molecule has 1 aliphatic heterocycles. The Hall–Kier alpha value is -1.10. The highest BCUT2D eigenvalue weighted by atomic mass is 16.3. The maximum absolute atomic E-state index is 12.5. The van der Waals surface area contributed by atoms with Gasteiger partial charge in [0.1, 0.15) is 6.04 Å². The third kappa shape index (κ3) is 7.34. The van der Waals surface area contributed by atoms with E-state index in [1.54, 1.807) is 0 Å². The van der Waals surface area contributed by atoms with Crippen molar-refractivity contribution in [2.45, 2.75) is 84.2 Å². The first-order valence-electron chi connectivity index (χ1n) is 9.17. The molecule has 1 fully saturated rings. The minimum absolute atomic E-state index is 0.0150. The predicted molar refractivity (Wildman–Crippen MR) is 91.9 cm³/mol. The number of nitrogens with one attached hydrogen (secondary N) is 2. The van der Waals surface area contributed by atoms with Gasteiger partial charge in [0, 0.05) is 5.92 Å². The average molecular weight is 326 g/mol. The van der Waals surface area contributed by atoms with Crippen molar-refractivity contribution in [3.63, 3.8) is 0 Å². The topological polar surface area (TPSA) is 78.4 Å². The Kier molecular flexibility index (Phi) is 9.22. The lowest BCUT2D eigenvalue weighted by atomic mass is 9.98. The molecule has 0 spiro atoms. The zero-order chi connectivity index (χ0) is 17.2. The van der Waals surface area contributed by atoms with Crippen molar-refractivity contribution in [3.8, 4) is 0 Å². The first kappa shape index (κ1) is 19.9. The first-order valence-corrected chi connectivity index (χ1v) is 9.17.